The molecule has 3 rings (SSSR count). The molecule has 0 radical (unpaired) electrons. The number of aliphatic hydroxyl groups is 1. The van der Waals surface area contributed by atoms with Gasteiger partial charge in [-0.25, -0.2) is 0 Å². The summed E-state index contributed by atoms with van der Waals surface area (Å²) in [6.07, 6.45) is 0.263. The van der Waals surface area contributed by atoms with E-state index >= 15 is 0 Å². The third-order valence-corrected chi connectivity index (χ3v) is 4.81. The van der Waals surface area contributed by atoms with E-state index < -0.39 is 6.10 Å². The van der Waals surface area contributed by atoms with Gasteiger partial charge in [-0.15, -0.1) is 0 Å². The van der Waals surface area contributed by atoms with Gasteiger partial charge >= 0.3 is 0 Å². The molecule has 4 nitrogen and oxygen atoms in total. The Bertz CT molecular complexity index is 549. The van der Waals surface area contributed by atoms with E-state index in [4.69, 9.17) is 23.2 Å². The summed E-state index contributed by atoms with van der Waals surface area (Å²) < 4.78 is 0. The molecule has 2 saturated heterocycles. The third kappa shape index (κ3) is 1.98. The number of carbonyl (C=O) groups excluding carboxylic acids is 1. The van der Waals surface area contributed by atoms with Gasteiger partial charge in [0.15, 0.2) is 0 Å². The fraction of sp³-hybridized carbons (Fsp3) is 0.462. The first-order valence-electron chi connectivity index (χ1n) is 6.14. The zero-order chi connectivity index (χ0) is 13.7. The molecule has 0 unspecified atom stereocenters. The third-order valence-electron chi connectivity index (χ3n) is 4.00. The van der Waals surface area contributed by atoms with E-state index in [-0.39, 0.29) is 23.6 Å². The van der Waals surface area contributed by atoms with Crippen LogP contribution in [0.3, 0.4) is 0 Å². The van der Waals surface area contributed by atoms with Crippen LogP contribution in [0.2, 0.25) is 10.0 Å². The molecule has 0 bridgehead atoms. The zero-order valence-electron chi connectivity index (χ0n) is 10.0. The van der Waals surface area contributed by atoms with Gasteiger partial charge < -0.3 is 15.1 Å². The van der Waals surface area contributed by atoms with Gasteiger partial charge in [0.1, 0.15) is 11.9 Å². The number of phenols is 1. The summed E-state index contributed by atoms with van der Waals surface area (Å²) in [4.78, 5) is 13.4. The molecule has 19 heavy (non-hydrogen) atoms. The lowest BCUT2D eigenvalue weighted by atomic mass is 9.94. The topological polar surface area (TPSA) is 60.8 Å². The fourth-order valence-corrected chi connectivity index (χ4v) is 3.59. The number of hydrogen-bond donors (Lipinski definition) is 2. The highest BCUT2D eigenvalue weighted by atomic mass is 35.5. The molecule has 3 atom stereocenters. The minimum Gasteiger partial charge on any atom is -0.508 e. The van der Waals surface area contributed by atoms with Crippen LogP contribution >= 0.6 is 23.2 Å². The number of amides is 1. The van der Waals surface area contributed by atoms with E-state index in [1.54, 1.807) is 11.0 Å². The van der Waals surface area contributed by atoms with Crippen LogP contribution < -0.4 is 0 Å². The predicted octanol–water partition coefficient (Wildman–Crippen LogP) is 2.15. The van der Waals surface area contributed by atoms with Crippen molar-refractivity contribution >= 4 is 29.1 Å². The summed E-state index contributed by atoms with van der Waals surface area (Å²) in [5.74, 6) is -0.161. The molecule has 102 valence electrons. The summed E-state index contributed by atoms with van der Waals surface area (Å²) in [5.41, 5.74) is 0.603. The van der Waals surface area contributed by atoms with Crippen molar-refractivity contribution in [1.29, 1.82) is 0 Å². The van der Waals surface area contributed by atoms with Gasteiger partial charge in [-0.05, 0) is 18.6 Å². The van der Waals surface area contributed by atoms with Gasteiger partial charge in [0, 0.05) is 30.5 Å². The molecule has 0 saturated carbocycles. The Hall–Kier alpha value is -0.970. The molecule has 1 aromatic carbocycles. The van der Waals surface area contributed by atoms with Crippen LogP contribution in [0, 0.1) is 0 Å². The van der Waals surface area contributed by atoms with Crippen LogP contribution in [-0.2, 0) is 4.79 Å². The minimum absolute atomic E-state index is 0.0296. The highest BCUT2D eigenvalue weighted by Crippen LogP contribution is 2.45. The van der Waals surface area contributed by atoms with E-state index in [1.165, 1.54) is 6.07 Å². The Morgan fingerprint density at radius 2 is 2.00 bits per heavy atom. The Kier molecular flexibility index (Phi) is 3.12. The van der Waals surface area contributed by atoms with Crippen LogP contribution in [0.5, 0.6) is 5.75 Å². The van der Waals surface area contributed by atoms with Crippen molar-refractivity contribution in [3.05, 3.63) is 27.7 Å². The van der Waals surface area contributed by atoms with Crippen molar-refractivity contribution in [3.63, 3.8) is 0 Å². The lowest BCUT2D eigenvalue weighted by Crippen LogP contribution is -2.30. The largest absolute Gasteiger partial charge is 0.508 e. The first-order chi connectivity index (χ1) is 8.99. The van der Waals surface area contributed by atoms with Crippen molar-refractivity contribution in [2.45, 2.75) is 30.9 Å². The molecule has 1 amide bonds. The molecule has 0 aromatic heterocycles. The number of aromatic hydroxyl groups is 1. The molecule has 2 aliphatic heterocycles. The number of rotatable bonds is 1. The smallest absolute Gasteiger partial charge is 0.251 e. The van der Waals surface area contributed by atoms with Crippen molar-refractivity contribution in [1.82, 2.24) is 4.90 Å². The van der Waals surface area contributed by atoms with Gasteiger partial charge in [-0.1, -0.05) is 23.2 Å². The van der Waals surface area contributed by atoms with Crippen LogP contribution in [0.1, 0.15) is 24.3 Å². The number of nitrogens with zero attached hydrogens (tertiary/aromatic N) is 1. The second kappa shape index (κ2) is 4.54. The van der Waals surface area contributed by atoms with E-state index in [1.807, 2.05) is 0 Å². The number of phenolic OH excluding ortho intramolecular Hbond substituents is 1. The number of carbonyl (C=O) groups is 1. The number of hydrogen-bond acceptors (Lipinski definition) is 3. The lowest BCUT2D eigenvalue weighted by Gasteiger charge is -2.17. The molecule has 2 N–H and O–H groups in total. The van der Waals surface area contributed by atoms with E-state index in [0.717, 1.165) is 0 Å². The Morgan fingerprint density at radius 3 is 2.68 bits per heavy atom. The number of aliphatic hydroxyl groups excluding tert-OH is 1. The molecular weight excluding hydrogens is 289 g/mol. The molecule has 0 aliphatic carbocycles. The van der Waals surface area contributed by atoms with Crippen molar-refractivity contribution in [3.8, 4) is 5.75 Å². The summed E-state index contributed by atoms with van der Waals surface area (Å²) >= 11 is 12.1. The second-order valence-corrected chi connectivity index (χ2v) is 5.91. The fourth-order valence-electron chi connectivity index (χ4n) is 3.11. The van der Waals surface area contributed by atoms with E-state index in [9.17, 15) is 15.0 Å². The summed E-state index contributed by atoms with van der Waals surface area (Å²) in [6, 6.07) is 3.10. The number of benzene rings is 1. The van der Waals surface area contributed by atoms with Gasteiger partial charge in [0.2, 0.25) is 0 Å². The maximum atomic E-state index is 11.8. The molecule has 1 aromatic rings. The van der Waals surface area contributed by atoms with Gasteiger partial charge in [-0.2, -0.15) is 0 Å². The predicted molar refractivity (Wildman–Crippen MR) is 71.6 cm³/mol. The highest BCUT2D eigenvalue weighted by molar-refractivity contribution is 6.42. The lowest BCUT2D eigenvalue weighted by molar-refractivity contribution is -0.134. The zero-order valence-corrected chi connectivity index (χ0v) is 11.5. The molecule has 0 spiro atoms. The van der Waals surface area contributed by atoms with Crippen LogP contribution in [0.25, 0.3) is 0 Å². The van der Waals surface area contributed by atoms with Gasteiger partial charge in [-0.3, -0.25) is 4.79 Å². The first-order valence-corrected chi connectivity index (χ1v) is 6.90. The number of halogens is 2. The van der Waals surface area contributed by atoms with E-state index in [2.05, 4.69) is 0 Å². The second-order valence-electron chi connectivity index (χ2n) is 5.12. The Labute approximate surface area is 120 Å². The average Bonchev–Trinajstić information content (AvgIpc) is 2.86. The Balaban J connectivity index is 1.91. The van der Waals surface area contributed by atoms with Crippen molar-refractivity contribution in [2.75, 3.05) is 6.54 Å². The number of fused-ring (bicyclic) bond motifs is 1. The molecule has 2 heterocycles. The van der Waals surface area contributed by atoms with E-state index in [0.29, 0.717) is 35.0 Å². The van der Waals surface area contributed by atoms with Crippen LogP contribution in [0.15, 0.2) is 12.1 Å². The van der Waals surface area contributed by atoms with Crippen LogP contribution in [0.4, 0.5) is 0 Å². The molecule has 2 aliphatic rings. The average molecular weight is 302 g/mol. The van der Waals surface area contributed by atoms with Crippen molar-refractivity contribution < 1.29 is 15.0 Å². The maximum Gasteiger partial charge on any atom is 0.251 e. The van der Waals surface area contributed by atoms with Gasteiger partial charge in [0.25, 0.3) is 5.91 Å². The van der Waals surface area contributed by atoms with Crippen molar-refractivity contribution in [2.24, 2.45) is 0 Å². The minimum atomic E-state index is -0.880. The molecular formula is C13H13Cl2NO3. The summed E-state index contributed by atoms with van der Waals surface area (Å²) in [7, 11) is 0. The molecule has 2 fully saturated rings. The summed E-state index contributed by atoms with van der Waals surface area (Å²) in [5, 5.41) is 20.2. The quantitative estimate of drug-likeness (QED) is 0.835. The highest BCUT2D eigenvalue weighted by Gasteiger charge is 2.45. The van der Waals surface area contributed by atoms with Gasteiger partial charge in [0.05, 0.1) is 10.0 Å². The standard InChI is InChI=1S/C13H13Cl2NO3/c14-8-1-2-9(17)11(12(8)15)6-3-7-4-10(18)13(19)16(7)5-6/h1-2,6-7,10,17-18H,3-5H2/t6-,7-,10+/m0/s1. The maximum absolute atomic E-state index is 11.8. The first kappa shape index (κ1) is 13.0. The van der Waals surface area contributed by atoms with Crippen LogP contribution in [-0.4, -0.2) is 39.7 Å². The SMILES string of the molecule is O=C1[C@H](O)C[C@@H]2C[C@H](c3c(O)ccc(Cl)c3Cl)CN12. The monoisotopic (exact) mass is 301 g/mol. The summed E-state index contributed by atoms with van der Waals surface area (Å²) in [6.45, 7) is 0.466. The Morgan fingerprint density at radius 1 is 1.26 bits per heavy atom. The normalized spacial score (nSPS) is 29.9. The molecule has 6 heteroatoms.